The fraction of sp³-hybridized carbons (Fsp3) is 0.462. The van der Waals surface area contributed by atoms with Gasteiger partial charge in [0.2, 0.25) is 5.91 Å². The maximum atomic E-state index is 12.5. The molecule has 0 aliphatic carbocycles. The highest BCUT2D eigenvalue weighted by molar-refractivity contribution is 5.82. The molecule has 20 heavy (non-hydrogen) atoms. The van der Waals surface area contributed by atoms with E-state index in [2.05, 4.69) is 0 Å². The minimum Gasteiger partial charge on any atom is -0.329 e. The number of hydrogen-bond acceptors (Lipinski definition) is 3. The van der Waals surface area contributed by atoms with Crippen LogP contribution in [-0.4, -0.2) is 30.0 Å². The Bertz CT molecular complexity index is 487. The number of carbonyl (C=O) groups excluding carboxylic acids is 1. The van der Waals surface area contributed by atoms with E-state index in [0.717, 1.165) is 12.1 Å². The summed E-state index contributed by atoms with van der Waals surface area (Å²) in [5.74, 6) is -0.0668. The van der Waals surface area contributed by atoms with Gasteiger partial charge in [0.05, 0.1) is 30.3 Å². The molecule has 2 rings (SSSR count). The molecule has 0 radical (unpaired) electrons. The Morgan fingerprint density at radius 3 is 2.40 bits per heavy atom. The minimum atomic E-state index is -4.36. The van der Waals surface area contributed by atoms with Crippen molar-refractivity contribution < 1.29 is 18.0 Å². The molecule has 1 fully saturated rings. The van der Waals surface area contributed by atoms with Crippen LogP contribution in [0.3, 0.4) is 0 Å². The zero-order valence-corrected chi connectivity index (χ0v) is 11.0. The number of nitrogens with zero attached hydrogens (tertiary/aromatic N) is 2. The van der Waals surface area contributed by atoms with Crippen LogP contribution in [0.15, 0.2) is 24.3 Å². The Morgan fingerprint density at radius 2 is 1.90 bits per heavy atom. The van der Waals surface area contributed by atoms with E-state index >= 15 is 0 Å². The third kappa shape index (κ3) is 2.72. The molecule has 0 spiro atoms. The van der Waals surface area contributed by atoms with Crippen molar-refractivity contribution in [3.05, 3.63) is 29.8 Å². The lowest BCUT2D eigenvalue weighted by Gasteiger charge is -2.32. The molecule has 1 aromatic carbocycles. The number of alkyl halides is 3. The van der Waals surface area contributed by atoms with Crippen LogP contribution in [0.2, 0.25) is 0 Å². The Kier molecular flexibility index (Phi) is 3.89. The lowest BCUT2D eigenvalue weighted by atomic mass is 10.2. The summed E-state index contributed by atoms with van der Waals surface area (Å²) in [5, 5.41) is 3.20. The monoisotopic (exact) mass is 287 g/mol. The zero-order valence-electron chi connectivity index (χ0n) is 11.0. The lowest BCUT2D eigenvalue weighted by molar-refractivity contribution is -0.137. The van der Waals surface area contributed by atoms with Crippen molar-refractivity contribution in [1.82, 2.24) is 5.01 Å². The van der Waals surface area contributed by atoms with Crippen LogP contribution in [0.4, 0.5) is 18.9 Å². The largest absolute Gasteiger partial charge is 0.416 e. The quantitative estimate of drug-likeness (QED) is 0.925. The highest BCUT2D eigenvalue weighted by Crippen LogP contribution is 2.32. The maximum Gasteiger partial charge on any atom is 0.416 e. The van der Waals surface area contributed by atoms with Crippen molar-refractivity contribution in [3.63, 3.8) is 0 Å². The van der Waals surface area contributed by atoms with Crippen molar-refractivity contribution in [2.45, 2.75) is 25.6 Å². The molecule has 1 amide bonds. The summed E-state index contributed by atoms with van der Waals surface area (Å²) in [4.78, 5) is 11.8. The highest BCUT2D eigenvalue weighted by atomic mass is 19.4. The number of benzene rings is 1. The molecule has 0 bridgehead atoms. The highest BCUT2D eigenvalue weighted by Gasteiger charge is 2.35. The summed E-state index contributed by atoms with van der Waals surface area (Å²) in [6.45, 7) is 2.51. The summed E-state index contributed by atoms with van der Waals surface area (Å²) in [6.07, 6.45) is -4.02. The molecule has 110 valence electrons. The Labute approximate surface area is 114 Å². The number of nitrogens with two attached hydrogens (primary N) is 1. The topological polar surface area (TPSA) is 49.6 Å². The molecule has 0 aromatic heterocycles. The standard InChI is InChI=1S/C13H16F3N3O/c1-9-8-12(20)18(7-6-17)19(9)11-4-2-10(3-5-11)13(14,15)16/h2-5,9H,6-8,17H2,1H3. The first-order valence-corrected chi connectivity index (χ1v) is 6.31. The number of hydrazine groups is 1. The molecule has 1 aliphatic heterocycles. The van der Waals surface area contributed by atoms with E-state index in [0.29, 0.717) is 25.2 Å². The summed E-state index contributed by atoms with van der Waals surface area (Å²) < 4.78 is 37.6. The number of amides is 1. The van der Waals surface area contributed by atoms with E-state index in [1.807, 2.05) is 6.92 Å². The second kappa shape index (κ2) is 5.32. The molecule has 4 nitrogen and oxygen atoms in total. The zero-order chi connectivity index (χ0) is 14.9. The van der Waals surface area contributed by atoms with Crippen LogP contribution in [0.1, 0.15) is 18.9 Å². The summed E-state index contributed by atoms with van der Waals surface area (Å²) in [7, 11) is 0. The van der Waals surface area contributed by atoms with Crippen molar-refractivity contribution in [2.75, 3.05) is 18.1 Å². The van der Waals surface area contributed by atoms with Gasteiger partial charge in [0.15, 0.2) is 0 Å². The maximum absolute atomic E-state index is 12.5. The molecule has 1 unspecified atom stereocenters. The van der Waals surface area contributed by atoms with Crippen LogP contribution >= 0.6 is 0 Å². The van der Waals surface area contributed by atoms with Gasteiger partial charge in [-0.2, -0.15) is 13.2 Å². The smallest absolute Gasteiger partial charge is 0.329 e. The van der Waals surface area contributed by atoms with Crippen molar-refractivity contribution in [2.24, 2.45) is 5.73 Å². The first kappa shape index (κ1) is 14.6. The van der Waals surface area contributed by atoms with Gasteiger partial charge in [0.1, 0.15) is 0 Å². The third-order valence-electron chi connectivity index (χ3n) is 3.24. The SMILES string of the molecule is CC1CC(=O)N(CCN)N1c1ccc(C(F)(F)F)cc1. The minimum absolute atomic E-state index is 0.0668. The van der Waals surface area contributed by atoms with Crippen LogP contribution in [-0.2, 0) is 11.0 Å². The number of anilines is 1. The fourth-order valence-electron chi connectivity index (χ4n) is 2.35. The Morgan fingerprint density at radius 1 is 1.30 bits per heavy atom. The number of halogens is 3. The van der Waals surface area contributed by atoms with Crippen molar-refractivity contribution >= 4 is 11.6 Å². The summed E-state index contributed by atoms with van der Waals surface area (Å²) in [5.41, 5.74) is 5.32. The number of hydrogen-bond donors (Lipinski definition) is 1. The molecular formula is C13H16F3N3O. The Hall–Kier alpha value is -1.76. The van der Waals surface area contributed by atoms with Gasteiger partial charge in [-0.25, -0.2) is 0 Å². The summed E-state index contributed by atoms with van der Waals surface area (Å²) in [6, 6.07) is 4.70. The van der Waals surface area contributed by atoms with Crippen LogP contribution in [0.25, 0.3) is 0 Å². The fourth-order valence-corrected chi connectivity index (χ4v) is 2.35. The van der Waals surface area contributed by atoms with E-state index in [9.17, 15) is 18.0 Å². The van der Waals surface area contributed by atoms with Gasteiger partial charge < -0.3 is 5.73 Å². The molecule has 7 heteroatoms. The Balaban J connectivity index is 2.27. The van der Waals surface area contributed by atoms with Gasteiger partial charge in [-0.1, -0.05) is 0 Å². The number of rotatable bonds is 3. The van der Waals surface area contributed by atoms with Gasteiger partial charge in [-0.05, 0) is 31.2 Å². The molecule has 1 aromatic rings. The van der Waals surface area contributed by atoms with E-state index in [1.54, 1.807) is 5.01 Å². The van der Waals surface area contributed by atoms with Crippen LogP contribution in [0, 0.1) is 0 Å². The van der Waals surface area contributed by atoms with E-state index < -0.39 is 11.7 Å². The van der Waals surface area contributed by atoms with Gasteiger partial charge in [0.25, 0.3) is 0 Å². The third-order valence-corrected chi connectivity index (χ3v) is 3.24. The lowest BCUT2D eigenvalue weighted by Crippen LogP contribution is -2.44. The van der Waals surface area contributed by atoms with Crippen molar-refractivity contribution in [3.8, 4) is 0 Å². The van der Waals surface area contributed by atoms with E-state index in [4.69, 9.17) is 5.73 Å². The molecule has 0 saturated carbocycles. The van der Waals surface area contributed by atoms with Crippen LogP contribution in [0.5, 0.6) is 0 Å². The van der Waals surface area contributed by atoms with Gasteiger partial charge in [-0.3, -0.25) is 14.8 Å². The van der Waals surface area contributed by atoms with E-state index in [-0.39, 0.29) is 11.9 Å². The molecular weight excluding hydrogens is 271 g/mol. The average Bonchev–Trinajstić information content (AvgIpc) is 2.64. The average molecular weight is 287 g/mol. The van der Waals surface area contributed by atoms with Gasteiger partial charge in [-0.15, -0.1) is 0 Å². The molecule has 1 aliphatic rings. The predicted molar refractivity (Wildman–Crippen MR) is 68.8 cm³/mol. The molecule has 1 atom stereocenters. The van der Waals surface area contributed by atoms with Crippen molar-refractivity contribution in [1.29, 1.82) is 0 Å². The number of carbonyl (C=O) groups is 1. The molecule has 1 heterocycles. The van der Waals surface area contributed by atoms with Gasteiger partial charge >= 0.3 is 6.18 Å². The van der Waals surface area contributed by atoms with Gasteiger partial charge in [0, 0.05) is 6.54 Å². The normalized spacial score (nSPS) is 19.9. The second-order valence-corrected chi connectivity index (χ2v) is 4.75. The first-order valence-electron chi connectivity index (χ1n) is 6.31. The second-order valence-electron chi connectivity index (χ2n) is 4.75. The summed E-state index contributed by atoms with van der Waals surface area (Å²) >= 11 is 0. The van der Waals surface area contributed by atoms with Crippen LogP contribution < -0.4 is 10.7 Å². The predicted octanol–water partition coefficient (Wildman–Crippen LogP) is 2.01. The molecule has 1 saturated heterocycles. The molecule has 2 N–H and O–H groups in total. The van der Waals surface area contributed by atoms with E-state index in [1.165, 1.54) is 17.1 Å². The first-order chi connectivity index (χ1) is 9.34.